The molecule has 3 fully saturated rings. The molecule has 0 spiro atoms. The van der Waals surface area contributed by atoms with E-state index >= 15 is 0 Å². The lowest BCUT2D eigenvalue weighted by atomic mass is 9.82. The molecule has 0 aromatic heterocycles. The predicted octanol–water partition coefficient (Wildman–Crippen LogP) is 2.42. The number of likely N-dealkylation sites (tertiary alicyclic amines) is 2. The minimum absolute atomic E-state index is 0.787. The smallest absolute Gasteiger partial charge is 0.193 e. The van der Waals surface area contributed by atoms with E-state index in [9.17, 15) is 0 Å². The Morgan fingerprint density at radius 3 is 2.27 bits per heavy atom. The predicted molar refractivity (Wildman–Crippen MR) is 93.2 cm³/mol. The van der Waals surface area contributed by atoms with Crippen molar-refractivity contribution in [3.63, 3.8) is 0 Å². The van der Waals surface area contributed by atoms with Gasteiger partial charge in [0, 0.05) is 26.2 Å². The molecule has 0 amide bonds. The molecule has 0 aromatic carbocycles. The number of rotatable bonds is 3. The third-order valence-corrected chi connectivity index (χ3v) is 5.95. The second-order valence-electron chi connectivity index (χ2n) is 7.65. The van der Waals surface area contributed by atoms with Crippen molar-refractivity contribution in [1.82, 2.24) is 15.1 Å². The number of piperidine rings is 1. The third kappa shape index (κ3) is 3.95. The van der Waals surface area contributed by atoms with Crippen molar-refractivity contribution in [2.75, 3.05) is 46.3 Å². The molecule has 2 heterocycles. The molecule has 0 radical (unpaired) electrons. The fourth-order valence-electron chi connectivity index (χ4n) is 4.46. The molecular formula is C18H34N4. The van der Waals surface area contributed by atoms with Gasteiger partial charge in [0.25, 0.3) is 0 Å². The lowest BCUT2D eigenvalue weighted by Crippen LogP contribution is -2.41. The minimum atomic E-state index is 0.787. The monoisotopic (exact) mass is 306 g/mol. The van der Waals surface area contributed by atoms with Gasteiger partial charge >= 0.3 is 0 Å². The fourth-order valence-corrected chi connectivity index (χ4v) is 4.46. The molecule has 4 heteroatoms. The van der Waals surface area contributed by atoms with Crippen LogP contribution in [0.2, 0.25) is 0 Å². The zero-order chi connectivity index (χ0) is 15.4. The summed E-state index contributed by atoms with van der Waals surface area (Å²) < 4.78 is 0. The zero-order valence-electron chi connectivity index (χ0n) is 14.6. The Labute approximate surface area is 136 Å². The zero-order valence-corrected chi connectivity index (χ0v) is 14.6. The normalized spacial score (nSPS) is 31.4. The Kier molecular flexibility index (Phi) is 5.61. The van der Waals surface area contributed by atoms with Gasteiger partial charge in [-0.1, -0.05) is 12.8 Å². The third-order valence-electron chi connectivity index (χ3n) is 5.95. The molecule has 2 saturated heterocycles. The molecule has 22 heavy (non-hydrogen) atoms. The lowest BCUT2D eigenvalue weighted by molar-refractivity contribution is 0.223. The summed E-state index contributed by atoms with van der Waals surface area (Å²) in [5.74, 6) is 3.84. The van der Waals surface area contributed by atoms with Crippen LogP contribution < -0.4 is 5.32 Å². The summed E-state index contributed by atoms with van der Waals surface area (Å²) in [6, 6.07) is 0. The van der Waals surface area contributed by atoms with Crippen LogP contribution in [0.1, 0.15) is 45.4 Å². The summed E-state index contributed by atoms with van der Waals surface area (Å²) in [5, 5.41) is 3.55. The van der Waals surface area contributed by atoms with Crippen molar-refractivity contribution in [2.24, 2.45) is 22.7 Å². The first-order chi connectivity index (χ1) is 10.8. The highest BCUT2D eigenvalue weighted by atomic mass is 15.3. The lowest BCUT2D eigenvalue weighted by Gasteiger charge is -2.28. The van der Waals surface area contributed by atoms with Crippen LogP contribution in [0.15, 0.2) is 4.99 Å². The van der Waals surface area contributed by atoms with Gasteiger partial charge in [-0.15, -0.1) is 0 Å². The van der Waals surface area contributed by atoms with E-state index in [4.69, 9.17) is 4.99 Å². The van der Waals surface area contributed by atoms with Gasteiger partial charge in [0.15, 0.2) is 5.96 Å². The maximum absolute atomic E-state index is 5.02. The highest BCUT2D eigenvalue weighted by Crippen LogP contribution is 2.36. The first-order valence-corrected chi connectivity index (χ1v) is 9.48. The maximum atomic E-state index is 5.02. The molecule has 0 bridgehead atoms. The van der Waals surface area contributed by atoms with E-state index < -0.39 is 0 Å². The Balaban J connectivity index is 1.56. The molecule has 3 aliphatic rings. The van der Waals surface area contributed by atoms with E-state index in [1.807, 2.05) is 0 Å². The highest BCUT2D eigenvalue weighted by Gasteiger charge is 2.35. The minimum Gasteiger partial charge on any atom is -0.357 e. The van der Waals surface area contributed by atoms with E-state index in [1.165, 1.54) is 70.7 Å². The molecule has 126 valence electrons. The quantitative estimate of drug-likeness (QED) is 0.642. The molecule has 1 N–H and O–H groups in total. The van der Waals surface area contributed by atoms with Crippen molar-refractivity contribution < 1.29 is 0 Å². The van der Waals surface area contributed by atoms with Crippen molar-refractivity contribution in [3.8, 4) is 0 Å². The highest BCUT2D eigenvalue weighted by molar-refractivity contribution is 5.80. The first-order valence-electron chi connectivity index (χ1n) is 9.48. The van der Waals surface area contributed by atoms with E-state index in [-0.39, 0.29) is 0 Å². The van der Waals surface area contributed by atoms with Gasteiger partial charge in [-0.2, -0.15) is 0 Å². The number of hydrogen-bond donors (Lipinski definition) is 1. The maximum Gasteiger partial charge on any atom is 0.193 e. The number of fused-ring (bicyclic) bond motifs is 1. The van der Waals surface area contributed by atoms with Gasteiger partial charge < -0.3 is 15.1 Å². The summed E-state index contributed by atoms with van der Waals surface area (Å²) >= 11 is 0. The van der Waals surface area contributed by atoms with Crippen molar-refractivity contribution >= 4 is 5.96 Å². The molecule has 4 nitrogen and oxygen atoms in total. The topological polar surface area (TPSA) is 30.9 Å². The van der Waals surface area contributed by atoms with E-state index in [0.29, 0.717) is 0 Å². The van der Waals surface area contributed by atoms with Crippen LogP contribution in [0, 0.1) is 17.8 Å². The summed E-state index contributed by atoms with van der Waals surface area (Å²) in [6.45, 7) is 9.15. The van der Waals surface area contributed by atoms with Crippen LogP contribution in [0.5, 0.6) is 0 Å². The second-order valence-corrected chi connectivity index (χ2v) is 7.65. The summed E-state index contributed by atoms with van der Waals surface area (Å²) in [7, 11) is 2.23. The van der Waals surface area contributed by atoms with Crippen molar-refractivity contribution in [1.29, 1.82) is 0 Å². The Hall–Kier alpha value is -0.770. The molecule has 2 atom stereocenters. The van der Waals surface area contributed by atoms with Gasteiger partial charge in [0.2, 0.25) is 0 Å². The fraction of sp³-hybridized carbons (Fsp3) is 0.944. The van der Waals surface area contributed by atoms with Crippen LogP contribution >= 0.6 is 0 Å². The molecule has 3 rings (SSSR count). The molecule has 0 aromatic rings. The molecule has 2 aliphatic heterocycles. The van der Waals surface area contributed by atoms with Crippen LogP contribution in [0.3, 0.4) is 0 Å². The average molecular weight is 306 g/mol. The largest absolute Gasteiger partial charge is 0.357 e. The summed E-state index contributed by atoms with van der Waals surface area (Å²) in [4.78, 5) is 10.0. The van der Waals surface area contributed by atoms with Gasteiger partial charge in [0.1, 0.15) is 0 Å². The van der Waals surface area contributed by atoms with Crippen LogP contribution in [-0.2, 0) is 0 Å². The summed E-state index contributed by atoms with van der Waals surface area (Å²) in [5.41, 5.74) is 0. The van der Waals surface area contributed by atoms with Crippen molar-refractivity contribution in [2.45, 2.75) is 45.4 Å². The van der Waals surface area contributed by atoms with Crippen LogP contribution in [0.4, 0.5) is 0 Å². The summed E-state index contributed by atoms with van der Waals surface area (Å²) in [6.07, 6.45) is 8.39. The first kappa shape index (κ1) is 16.1. The number of hydrogen-bond acceptors (Lipinski definition) is 2. The SMILES string of the molecule is CCNC(=NCC1CCN(C)CC1)N1CC2CCCCC2C1. The number of aliphatic imine (C=N–C) groups is 1. The van der Waals surface area contributed by atoms with Crippen LogP contribution in [-0.4, -0.2) is 62.1 Å². The average Bonchev–Trinajstić information content (AvgIpc) is 2.97. The Morgan fingerprint density at radius 1 is 1.05 bits per heavy atom. The van der Waals surface area contributed by atoms with E-state index in [0.717, 1.165) is 30.8 Å². The molecule has 1 saturated carbocycles. The molecular weight excluding hydrogens is 272 g/mol. The van der Waals surface area contributed by atoms with Gasteiger partial charge in [-0.3, -0.25) is 4.99 Å². The molecule has 1 aliphatic carbocycles. The van der Waals surface area contributed by atoms with E-state index in [1.54, 1.807) is 0 Å². The van der Waals surface area contributed by atoms with E-state index in [2.05, 4.69) is 29.1 Å². The number of nitrogens with one attached hydrogen (secondary N) is 1. The number of nitrogens with zero attached hydrogens (tertiary/aromatic N) is 3. The number of guanidine groups is 1. The van der Waals surface area contributed by atoms with Gasteiger partial charge in [0.05, 0.1) is 0 Å². The van der Waals surface area contributed by atoms with Gasteiger partial charge in [-0.05, 0) is 70.5 Å². The Morgan fingerprint density at radius 2 is 1.68 bits per heavy atom. The Bertz CT molecular complexity index is 359. The van der Waals surface area contributed by atoms with Crippen molar-refractivity contribution in [3.05, 3.63) is 0 Å². The second kappa shape index (κ2) is 7.67. The standard InChI is InChI=1S/C18H34N4/c1-3-19-18(20-12-15-8-10-21(2)11-9-15)22-13-16-6-4-5-7-17(16)14-22/h15-17H,3-14H2,1-2H3,(H,19,20). The van der Waals surface area contributed by atoms with Gasteiger partial charge in [-0.25, -0.2) is 0 Å². The molecule has 2 unspecified atom stereocenters. The van der Waals surface area contributed by atoms with Crippen LogP contribution in [0.25, 0.3) is 0 Å².